The van der Waals surface area contributed by atoms with E-state index >= 15 is 0 Å². The second-order valence-electron chi connectivity index (χ2n) is 15.0. The number of alkyl carbamates (subject to hydrolysis) is 1. The number of methoxy groups -OCH3 is 1. The third-order valence-corrected chi connectivity index (χ3v) is 11.9. The van der Waals surface area contributed by atoms with E-state index < -0.39 is 74.3 Å². The molecule has 2 aromatic rings. The number of pyridine rings is 1. The van der Waals surface area contributed by atoms with Crippen molar-refractivity contribution in [2.45, 2.75) is 107 Å². The molecular formula is C36H47N5O9S. The molecule has 0 spiro atoms. The van der Waals surface area contributed by atoms with Gasteiger partial charge in [-0.15, -0.1) is 6.58 Å². The molecule has 14 nitrogen and oxygen atoms in total. The SMILES string of the molecule is C=CC1CC1(NC(=O)C1CC(Oc2nccc3cc(OC)ccc23)CN1C(=O)C(NC(=O)OC(C)(C)C)C1CCCC1)C(=O)NS(=O)(=O)C1CC1. The lowest BCUT2D eigenvalue weighted by Crippen LogP contribution is -2.59. The molecule has 276 valence electrons. The quantitative estimate of drug-likeness (QED) is 0.275. The van der Waals surface area contributed by atoms with Crippen LogP contribution >= 0.6 is 0 Å². The summed E-state index contributed by atoms with van der Waals surface area (Å²) >= 11 is 0. The lowest BCUT2D eigenvalue weighted by molar-refractivity contribution is -0.142. The number of hydrogen-bond donors (Lipinski definition) is 3. The van der Waals surface area contributed by atoms with Crippen LogP contribution in [0.4, 0.5) is 4.79 Å². The van der Waals surface area contributed by atoms with Gasteiger partial charge in [-0.3, -0.25) is 19.1 Å². The van der Waals surface area contributed by atoms with Gasteiger partial charge in [0.2, 0.25) is 27.7 Å². The summed E-state index contributed by atoms with van der Waals surface area (Å²) < 4.78 is 44.8. The summed E-state index contributed by atoms with van der Waals surface area (Å²) in [4.78, 5) is 61.1. The number of benzene rings is 1. The van der Waals surface area contributed by atoms with E-state index in [1.165, 1.54) is 11.0 Å². The van der Waals surface area contributed by atoms with Gasteiger partial charge in [0.1, 0.15) is 35.1 Å². The van der Waals surface area contributed by atoms with Gasteiger partial charge in [-0.05, 0) is 88.4 Å². The number of nitrogens with zero attached hydrogens (tertiary/aromatic N) is 2. The number of aromatic nitrogens is 1. The first-order valence-corrected chi connectivity index (χ1v) is 19.1. The molecule has 3 saturated carbocycles. The Labute approximate surface area is 298 Å². The number of fused-ring (bicyclic) bond motifs is 1. The summed E-state index contributed by atoms with van der Waals surface area (Å²) in [5, 5.41) is 6.49. The topological polar surface area (TPSA) is 182 Å². The van der Waals surface area contributed by atoms with Crippen LogP contribution in [-0.2, 0) is 29.1 Å². The first kappa shape index (κ1) is 36.4. The summed E-state index contributed by atoms with van der Waals surface area (Å²) in [6.07, 6.45) is 6.01. The molecule has 6 rings (SSSR count). The number of rotatable bonds is 12. The Hall–Kier alpha value is -4.40. The summed E-state index contributed by atoms with van der Waals surface area (Å²) in [6.45, 7) is 8.96. The van der Waals surface area contributed by atoms with Gasteiger partial charge in [-0.2, -0.15) is 0 Å². The molecule has 0 bridgehead atoms. The van der Waals surface area contributed by atoms with Crippen LogP contribution in [0.1, 0.15) is 72.1 Å². The fraction of sp³-hybridized carbons (Fsp3) is 0.583. The molecule has 1 aromatic heterocycles. The molecule has 15 heteroatoms. The van der Waals surface area contributed by atoms with Crippen LogP contribution in [0.5, 0.6) is 11.6 Å². The maximum absolute atomic E-state index is 14.6. The molecule has 3 N–H and O–H groups in total. The van der Waals surface area contributed by atoms with E-state index in [1.807, 2.05) is 18.2 Å². The van der Waals surface area contributed by atoms with E-state index in [2.05, 4.69) is 26.9 Å². The minimum atomic E-state index is -3.89. The highest BCUT2D eigenvalue weighted by Crippen LogP contribution is 2.45. The minimum absolute atomic E-state index is 0.00942. The maximum atomic E-state index is 14.6. The third kappa shape index (κ3) is 7.92. The summed E-state index contributed by atoms with van der Waals surface area (Å²) in [7, 11) is -2.31. The van der Waals surface area contributed by atoms with E-state index in [0.717, 1.165) is 18.2 Å². The van der Waals surface area contributed by atoms with Crippen LogP contribution in [-0.4, -0.2) is 90.3 Å². The van der Waals surface area contributed by atoms with Crippen LogP contribution in [0.25, 0.3) is 10.8 Å². The van der Waals surface area contributed by atoms with E-state index in [9.17, 15) is 27.6 Å². The minimum Gasteiger partial charge on any atom is -0.497 e. The molecule has 3 aliphatic carbocycles. The highest BCUT2D eigenvalue weighted by Gasteiger charge is 2.62. The zero-order valence-corrected chi connectivity index (χ0v) is 30.3. The van der Waals surface area contributed by atoms with Gasteiger partial charge in [-0.25, -0.2) is 18.2 Å². The van der Waals surface area contributed by atoms with Crippen LogP contribution in [0.3, 0.4) is 0 Å². The summed E-state index contributed by atoms with van der Waals surface area (Å²) in [5.41, 5.74) is -2.34. The highest BCUT2D eigenvalue weighted by molar-refractivity contribution is 7.91. The predicted octanol–water partition coefficient (Wildman–Crippen LogP) is 3.34. The number of ether oxygens (including phenoxy) is 3. The normalized spacial score (nSPS) is 25.5. The molecule has 1 aliphatic heterocycles. The van der Waals surface area contributed by atoms with Crippen molar-refractivity contribution in [3.8, 4) is 11.6 Å². The Morgan fingerprint density at radius 2 is 1.82 bits per heavy atom. The highest BCUT2D eigenvalue weighted by atomic mass is 32.2. The number of nitrogens with one attached hydrogen (secondary N) is 3. The fourth-order valence-corrected chi connectivity index (χ4v) is 8.55. The van der Waals surface area contributed by atoms with Crippen molar-refractivity contribution < 1.29 is 41.8 Å². The molecule has 4 aliphatic rings. The largest absolute Gasteiger partial charge is 0.497 e. The number of hydrogen-bond acceptors (Lipinski definition) is 10. The molecular weight excluding hydrogens is 678 g/mol. The van der Waals surface area contributed by atoms with Crippen LogP contribution < -0.4 is 24.8 Å². The Kier molecular flexibility index (Phi) is 9.96. The van der Waals surface area contributed by atoms with Crippen molar-refractivity contribution in [2.75, 3.05) is 13.7 Å². The predicted molar refractivity (Wildman–Crippen MR) is 187 cm³/mol. The Morgan fingerprint density at radius 1 is 1.10 bits per heavy atom. The standard InChI is InChI=1S/C36H47N5O9S/c1-6-23-19-36(23,33(44)40-51(46,47)26-12-13-26)39-30(42)28-18-25(49-31-27-14-11-24(48-5)17-22(27)15-16-37-31)20-41(28)32(43)29(21-9-7-8-10-21)38-34(45)50-35(2,3)4/h6,11,14-17,21,23,25-26,28-29H,1,7-10,12-13,18-20H2,2-5H3,(H,38,45)(H,39,42)(H,40,44). The van der Waals surface area contributed by atoms with E-state index in [1.54, 1.807) is 40.1 Å². The molecule has 1 saturated heterocycles. The lowest BCUT2D eigenvalue weighted by Gasteiger charge is -2.32. The van der Waals surface area contributed by atoms with E-state index in [-0.39, 0.29) is 25.3 Å². The second-order valence-corrected chi connectivity index (χ2v) is 17.0. The molecule has 2 heterocycles. The van der Waals surface area contributed by atoms with Gasteiger partial charge in [0.25, 0.3) is 5.91 Å². The van der Waals surface area contributed by atoms with Crippen molar-refractivity contribution >= 4 is 44.6 Å². The van der Waals surface area contributed by atoms with Crippen molar-refractivity contribution in [1.29, 1.82) is 0 Å². The van der Waals surface area contributed by atoms with Gasteiger partial charge in [0.05, 0.1) is 18.9 Å². The average molecular weight is 726 g/mol. The zero-order chi connectivity index (χ0) is 36.7. The zero-order valence-electron chi connectivity index (χ0n) is 29.5. The number of likely N-dealkylation sites (tertiary alicyclic amines) is 1. The van der Waals surface area contributed by atoms with E-state index in [0.29, 0.717) is 42.7 Å². The molecule has 1 aromatic carbocycles. The number of carbonyl (C=O) groups is 4. The average Bonchev–Trinajstić information content (AvgIpc) is 3.95. The van der Waals surface area contributed by atoms with Crippen LogP contribution in [0, 0.1) is 11.8 Å². The maximum Gasteiger partial charge on any atom is 0.408 e. The van der Waals surface area contributed by atoms with Gasteiger partial charge < -0.3 is 29.7 Å². The second kappa shape index (κ2) is 14.0. The molecule has 0 radical (unpaired) electrons. The van der Waals surface area contributed by atoms with Crippen molar-refractivity contribution in [3.63, 3.8) is 0 Å². The molecule has 4 amide bonds. The van der Waals surface area contributed by atoms with Gasteiger partial charge in [0, 0.05) is 23.9 Å². The van der Waals surface area contributed by atoms with E-state index in [4.69, 9.17) is 14.2 Å². The Bertz CT molecular complexity index is 1820. The van der Waals surface area contributed by atoms with Gasteiger partial charge in [0.15, 0.2) is 0 Å². The monoisotopic (exact) mass is 725 g/mol. The Morgan fingerprint density at radius 3 is 2.45 bits per heavy atom. The van der Waals surface area contributed by atoms with Gasteiger partial charge >= 0.3 is 6.09 Å². The lowest BCUT2D eigenvalue weighted by atomic mass is 9.96. The van der Waals surface area contributed by atoms with Crippen LogP contribution in [0.2, 0.25) is 0 Å². The molecule has 5 atom stereocenters. The molecule has 5 unspecified atom stereocenters. The third-order valence-electron chi connectivity index (χ3n) is 10.1. The summed E-state index contributed by atoms with van der Waals surface area (Å²) in [6, 6.07) is 5.18. The van der Waals surface area contributed by atoms with Crippen molar-refractivity contribution in [3.05, 3.63) is 43.1 Å². The smallest absolute Gasteiger partial charge is 0.408 e. The van der Waals surface area contributed by atoms with Crippen molar-refractivity contribution in [1.82, 2.24) is 25.2 Å². The molecule has 51 heavy (non-hydrogen) atoms. The number of sulfonamides is 1. The summed E-state index contributed by atoms with van der Waals surface area (Å²) in [5.74, 6) is -1.67. The van der Waals surface area contributed by atoms with Gasteiger partial charge in [-0.1, -0.05) is 18.9 Å². The number of carbonyl (C=O) groups excluding carboxylic acids is 4. The van der Waals surface area contributed by atoms with Crippen LogP contribution in [0.15, 0.2) is 43.1 Å². The first-order chi connectivity index (χ1) is 24.1. The fourth-order valence-electron chi connectivity index (χ4n) is 7.19. The number of amides is 4. The Balaban J connectivity index is 1.29. The first-order valence-electron chi connectivity index (χ1n) is 17.5. The van der Waals surface area contributed by atoms with Crippen molar-refractivity contribution in [2.24, 2.45) is 11.8 Å². The molecule has 4 fully saturated rings.